The number of amides is 1. The standard InChI is InChI=1S/C15H14F3N5OS/c16-15(17,18)9-3-1-8(2-4-9)7-25-12(11(19)13(20)24)10-5-6-22-14(21)23-10/h1-6H,7,19H2,(H2,20,24)(H2,21,22,23)/b12-11-. The van der Waals surface area contributed by atoms with E-state index in [9.17, 15) is 18.0 Å². The number of hydrogen-bond donors (Lipinski definition) is 3. The van der Waals surface area contributed by atoms with Gasteiger partial charge >= 0.3 is 6.18 Å². The summed E-state index contributed by atoms with van der Waals surface area (Å²) in [5.74, 6) is -0.597. The highest BCUT2D eigenvalue weighted by molar-refractivity contribution is 8.07. The van der Waals surface area contributed by atoms with E-state index in [0.717, 1.165) is 23.9 Å². The number of carbonyl (C=O) groups is 1. The maximum absolute atomic E-state index is 12.6. The summed E-state index contributed by atoms with van der Waals surface area (Å²) in [7, 11) is 0. The van der Waals surface area contributed by atoms with E-state index in [4.69, 9.17) is 17.2 Å². The smallest absolute Gasteiger partial charge is 0.393 e. The molecule has 25 heavy (non-hydrogen) atoms. The second-order valence-corrected chi connectivity index (χ2v) is 5.88. The Morgan fingerprint density at radius 1 is 1.12 bits per heavy atom. The Morgan fingerprint density at radius 3 is 2.28 bits per heavy atom. The first-order valence-electron chi connectivity index (χ1n) is 6.86. The zero-order chi connectivity index (χ0) is 18.6. The van der Waals surface area contributed by atoms with E-state index < -0.39 is 17.6 Å². The minimum atomic E-state index is -4.40. The number of primary amides is 1. The Hall–Kier alpha value is -2.75. The number of alkyl halides is 3. The molecule has 2 rings (SSSR count). The fraction of sp³-hybridized carbons (Fsp3) is 0.133. The summed E-state index contributed by atoms with van der Waals surface area (Å²) in [4.78, 5) is 19.4. The Bertz CT molecular complexity index is 806. The summed E-state index contributed by atoms with van der Waals surface area (Å²) in [6.45, 7) is 0. The van der Waals surface area contributed by atoms with Crippen molar-refractivity contribution >= 4 is 28.5 Å². The number of anilines is 1. The minimum absolute atomic E-state index is 0.0117. The Kier molecular flexibility index (Phi) is 5.52. The van der Waals surface area contributed by atoms with Gasteiger partial charge < -0.3 is 17.2 Å². The van der Waals surface area contributed by atoms with Crippen LogP contribution in [0.1, 0.15) is 16.8 Å². The van der Waals surface area contributed by atoms with Crippen LogP contribution in [0.2, 0.25) is 0 Å². The van der Waals surface area contributed by atoms with Gasteiger partial charge in [0.05, 0.1) is 16.2 Å². The topological polar surface area (TPSA) is 121 Å². The van der Waals surface area contributed by atoms with Gasteiger partial charge in [0.25, 0.3) is 5.91 Å². The van der Waals surface area contributed by atoms with Crippen LogP contribution >= 0.6 is 11.8 Å². The summed E-state index contributed by atoms with van der Waals surface area (Å²) in [5, 5.41) is 0. The van der Waals surface area contributed by atoms with Gasteiger partial charge in [-0.25, -0.2) is 9.97 Å². The van der Waals surface area contributed by atoms with Crippen LogP contribution in [0.5, 0.6) is 0 Å². The van der Waals surface area contributed by atoms with E-state index >= 15 is 0 Å². The molecule has 1 heterocycles. The summed E-state index contributed by atoms with van der Waals surface area (Å²) >= 11 is 1.11. The molecule has 1 aromatic carbocycles. The summed E-state index contributed by atoms with van der Waals surface area (Å²) < 4.78 is 37.7. The van der Waals surface area contributed by atoms with Crippen LogP contribution in [0.25, 0.3) is 4.91 Å². The highest BCUT2D eigenvalue weighted by Gasteiger charge is 2.29. The van der Waals surface area contributed by atoms with Gasteiger partial charge in [-0.2, -0.15) is 13.2 Å². The van der Waals surface area contributed by atoms with E-state index in [0.29, 0.717) is 11.3 Å². The summed E-state index contributed by atoms with van der Waals surface area (Å²) in [5.41, 5.74) is 16.4. The van der Waals surface area contributed by atoms with Crippen molar-refractivity contribution in [2.45, 2.75) is 11.9 Å². The van der Waals surface area contributed by atoms with Gasteiger partial charge in [-0.1, -0.05) is 12.1 Å². The van der Waals surface area contributed by atoms with Crippen LogP contribution in [-0.2, 0) is 16.7 Å². The second kappa shape index (κ2) is 7.43. The SMILES string of the molecule is NC(=O)/C(N)=C(/SCc1ccc(C(F)(F)F)cc1)c1ccnc(N)n1. The molecule has 0 radical (unpaired) electrons. The van der Waals surface area contributed by atoms with Gasteiger partial charge in [-0.15, -0.1) is 11.8 Å². The number of rotatable bonds is 5. The predicted octanol–water partition coefficient (Wildman–Crippen LogP) is 2.12. The first-order valence-corrected chi connectivity index (χ1v) is 7.84. The molecule has 0 aliphatic carbocycles. The molecule has 6 N–H and O–H groups in total. The number of hydrogen-bond acceptors (Lipinski definition) is 6. The molecule has 0 saturated carbocycles. The normalized spacial score (nSPS) is 12.6. The molecular weight excluding hydrogens is 355 g/mol. The summed E-state index contributed by atoms with van der Waals surface area (Å²) in [6.07, 6.45) is -3.00. The highest BCUT2D eigenvalue weighted by atomic mass is 32.2. The molecule has 6 nitrogen and oxygen atoms in total. The molecule has 1 amide bonds. The fourth-order valence-corrected chi connectivity index (χ4v) is 2.87. The largest absolute Gasteiger partial charge is 0.416 e. The van der Waals surface area contributed by atoms with E-state index in [-0.39, 0.29) is 22.3 Å². The lowest BCUT2D eigenvalue weighted by molar-refractivity contribution is -0.137. The van der Waals surface area contributed by atoms with Crippen LogP contribution in [0.15, 0.2) is 42.2 Å². The van der Waals surface area contributed by atoms with Crippen LogP contribution in [0.3, 0.4) is 0 Å². The van der Waals surface area contributed by atoms with Gasteiger partial charge in [-0.05, 0) is 23.8 Å². The van der Waals surface area contributed by atoms with Crippen molar-refractivity contribution in [2.24, 2.45) is 11.5 Å². The minimum Gasteiger partial charge on any atom is -0.393 e. The molecule has 0 atom stereocenters. The molecule has 0 bridgehead atoms. The third-order valence-corrected chi connectivity index (χ3v) is 4.28. The lowest BCUT2D eigenvalue weighted by atomic mass is 10.1. The number of nitrogens with two attached hydrogens (primary N) is 3. The zero-order valence-electron chi connectivity index (χ0n) is 12.7. The van der Waals surface area contributed by atoms with Crippen molar-refractivity contribution in [1.82, 2.24) is 9.97 Å². The van der Waals surface area contributed by atoms with Crippen molar-refractivity contribution in [3.05, 3.63) is 59.0 Å². The van der Waals surface area contributed by atoms with E-state index in [1.807, 2.05) is 0 Å². The molecule has 10 heteroatoms. The van der Waals surface area contributed by atoms with Crippen molar-refractivity contribution < 1.29 is 18.0 Å². The molecule has 2 aromatic rings. The number of benzene rings is 1. The number of thioether (sulfide) groups is 1. The lowest BCUT2D eigenvalue weighted by Crippen LogP contribution is -2.21. The first-order chi connectivity index (χ1) is 11.7. The molecule has 0 aliphatic rings. The third kappa shape index (κ3) is 4.86. The van der Waals surface area contributed by atoms with Crippen LogP contribution < -0.4 is 17.2 Å². The Balaban J connectivity index is 2.24. The monoisotopic (exact) mass is 369 g/mol. The quantitative estimate of drug-likeness (QED) is 0.694. The molecule has 0 unspecified atom stereocenters. The fourth-order valence-electron chi connectivity index (χ4n) is 1.85. The van der Waals surface area contributed by atoms with E-state index in [1.54, 1.807) is 0 Å². The molecule has 0 spiro atoms. The van der Waals surface area contributed by atoms with Crippen LogP contribution in [0, 0.1) is 0 Å². The van der Waals surface area contributed by atoms with Crippen molar-refractivity contribution in [3.63, 3.8) is 0 Å². The van der Waals surface area contributed by atoms with Gasteiger partial charge in [0, 0.05) is 11.9 Å². The average Bonchev–Trinajstić information content (AvgIpc) is 2.54. The van der Waals surface area contributed by atoms with E-state index in [1.165, 1.54) is 24.4 Å². The second-order valence-electron chi connectivity index (χ2n) is 4.89. The predicted molar refractivity (Wildman–Crippen MR) is 89.5 cm³/mol. The number of nitrogen functional groups attached to an aromatic ring is 1. The molecule has 1 aromatic heterocycles. The highest BCUT2D eigenvalue weighted by Crippen LogP contribution is 2.33. The van der Waals surface area contributed by atoms with Gasteiger partial charge in [0.2, 0.25) is 5.95 Å². The zero-order valence-corrected chi connectivity index (χ0v) is 13.6. The number of carbonyl (C=O) groups excluding carboxylic acids is 1. The molecule has 0 saturated heterocycles. The number of halogens is 3. The van der Waals surface area contributed by atoms with Crippen molar-refractivity contribution in [3.8, 4) is 0 Å². The van der Waals surface area contributed by atoms with Crippen LogP contribution in [-0.4, -0.2) is 15.9 Å². The Labute approximate surface area is 145 Å². The number of aromatic nitrogens is 2. The maximum atomic E-state index is 12.6. The maximum Gasteiger partial charge on any atom is 0.416 e. The first kappa shape index (κ1) is 18.6. The third-order valence-electron chi connectivity index (χ3n) is 3.08. The van der Waals surface area contributed by atoms with E-state index in [2.05, 4.69) is 9.97 Å². The van der Waals surface area contributed by atoms with Gasteiger partial charge in [0.15, 0.2) is 0 Å². The average molecular weight is 369 g/mol. The Morgan fingerprint density at radius 2 is 1.76 bits per heavy atom. The molecule has 132 valence electrons. The molecule has 0 fully saturated rings. The van der Waals surface area contributed by atoms with Crippen molar-refractivity contribution in [1.29, 1.82) is 0 Å². The summed E-state index contributed by atoms with van der Waals surface area (Å²) in [6, 6.07) is 6.17. The molecular formula is C15H14F3N5OS. The van der Waals surface area contributed by atoms with Crippen LogP contribution in [0.4, 0.5) is 19.1 Å². The lowest BCUT2D eigenvalue weighted by Gasteiger charge is -2.11. The van der Waals surface area contributed by atoms with Gasteiger partial charge in [0.1, 0.15) is 5.70 Å². The molecule has 0 aliphatic heterocycles. The van der Waals surface area contributed by atoms with Gasteiger partial charge in [-0.3, -0.25) is 4.79 Å². The van der Waals surface area contributed by atoms with Crippen molar-refractivity contribution in [2.75, 3.05) is 5.73 Å². The number of nitrogens with zero attached hydrogens (tertiary/aromatic N) is 2.